The highest BCUT2D eigenvalue weighted by atomic mass is 16.6. The second-order valence-corrected chi connectivity index (χ2v) is 3.95. The molecular formula is C11H13N3O6. The van der Waals surface area contributed by atoms with Crippen LogP contribution in [0.15, 0.2) is 18.2 Å². The Morgan fingerprint density at radius 3 is 2.60 bits per heavy atom. The Balaban J connectivity index is 2.61. The van der Waals surface area contributed by atoms with Crippen molar-refractivity contribution in [3.05, 3.63) is 33.9 Å². The average Bonchev–Trinajstić information content (AvgIpc) is 2.35. The van der Waals surface area contributed by atoms with E-state index in [1.165, 1.54) is 25.1 Å². The monoisotopic (exact) mass is 283 g/mol. The van der Waals surface area contributed by atoms with Gasteiger partial charge in [0.25, 0.3) is 5.69 Å². The summed E-state index contributed by atoms with van der Waals surface area (Å²) in [6.45, 7) is 1.07. The van der Waals surface area contributed by atoms with Crippen LogP contribution in [0.4, 0.5) is 16.2 Å². The van der Waals surface area contributed by atoms with Gasteiger partial charge in [0.05, 0.1) is 11.5 Å². The predicted molar refractivity (Wildman–Crippen MR) is 68.5 cm³/mol. The Morgan fingerprint density at radius 2 is 2.10 bits per heavy atom. The third-order valence-electron chi connectivity index (χ3n) is 2.39. The molecule has 1 aromatic carbocycles. The first-order valence-electron chi connectivity index (χ1n) is 5.52. The van der Waals surface area contributed by atoms with Crippen LogP contribution in [0.3, 0.4) is 0 Å². The molecule has 4 N–H and O–H groups in total. The van der Waals surface area contributed by atoms with Gasteiger partial charge in [-0.2, -0.15) is 0 Å². The van der Waals surface area contributed by atoms with Crippen LogP contribution in [0, 0.1) is 17.0 Å². The van der Waals surface area contributed by atoms with E-state index in [4.69, 9.17) is 10.2 Å². The van der Waals surface area contributed by atoms with E-state index < -0.39 is 29.6 Å². The summed E-state index contributed by atoms with van der Waals surface area (Å²) in [5.74, 6) is -1.45. The Labute approximate surface area is 113 Å². The summed E-state index contributed by atoms with van der Waals surface area (Å²) in [4.78, 5) is 31.8. The predicted octanol–water partition coefficient (Wildman–Crippen LogP) is 0.470. The standard InChI is InChI=1S/C11H13N3O6/c1-6-4-7(2-3-8(6)14(19)20)13-11(18)12-5-9(15)10(16)17/h2-4,9,15H,5H2,1H3,(H,16,17)(H2,12,13,18). The van der Waals surface area contributed by atoms with Crippen LogP contribution in [0.25, 0.3) is 0 Å². The molecule has 1 atom stereocenters. The molecular weight excluding hydrogens is 270 g/mol. The smallest absolute Gasteiger partial charge is 0.334 e. The maximum Gasteiger partial charge on any atom is 0.334 e. The Hall–Kier alpha value is -2.68. The van der Waals surface area contributed by atoms with Crippen LogP contribution in [0.5, 0.6) is 0 Å². The molecule has 20 heavy (non-hydrogen) atoms. The van der Waals surface area contributed by atoms with Gasteiger partial charge < -0.3 is 20.8 Å². The van der Waals surface area contributed by atoms with E-state index in [1.807, 2.05) is 0 Å². The van der Waals surface area contributed by atoms with Gasteiger partial charge in [0.2, 0.25) is 0 Å². The Bertz CT molecular complexity index is 545. The number of rotatable bonds is 5. The van der Waals surface area contributed by atoms with Crippen molar-refractivity contribution in [2.75, 3.05) is 11.9 Å². The minimum atomic E-state index is -1.70. The van der Waals surface area contributed by atoms with E-state index in [9.17, 15) is 19.7 Å². The lowest BCUT2D eigenvalue weighted by Gasteiger charge is -2.09. The number of nitro groups is 1. The number of amides is 2. The molecule has 1 rings (SSSR count). The van der Waals surface area contributed by atoms with Gasteiger partial charge in [-0.15, -0.1) is 0 Å². The lowest BCUT2D eigenvalue weighted by atomic mass is 10.2. The third kappa shape index (κ3) is 4.21. The van der Waals surface area contributed by atoms with Gasteiger partial charge in [-0.25, -0.2) is 9.59 Å². The molecule has 0 aliphatic carbocycles. The molecule has 2 amide bonds. The van der Waals surface area contributed by atoms with Gasteiger partial charge in [0.1, 0.15) is 0 Å². The molecule has 1 unspecified atom stereocenters. The molecule has 0 aliphatic heterocycles. The number of hydrogen-bond acceptors (Lipinski definition) is 5. The van der Waals surface area contributed by atoms with Crippen LogP contribution in [0.2, 0.25) is 0 Å². The highest BCUT2D eigenvalue weighted by Gasteiger charge is 2.15. The topological polar surface area (TPSA) is 142 Å². The molecule has 108 valence electrons. The quantitative estimate of drug-likeness (QED) is 0.457. The summed E-state index contributed by atoms with van der Waals surface area (Å²) < 4.78 is 0. The number of aliphatic hydroxyl groups is 1. The molecule has 0 heterocycles. The number of carbonyl (C=O) groups is 2. The minimum absolute atomic E-state index is 0.0720. The first-order valence-corrected chi connectivity index (χ1v) is 5.52. The average molecular weight is 283 g/mol. The van der Waals surface area contributed by atoms with Crippen LogP contribution in [0.1, 0.15) is 5.56 Å². The molecule has 0 aromatic heterocycles. The van der Waals surface area contributed by atoms with Crippen LogP contribution < -0.4 is 10.6 Å². The van der Waals surface area contributed by atoms with Crippen molar-refractivity contribution in [3.8, 4) is 0 Å². The van der Waals surface area contributed by atoms with Crippen LogP contribution in [-0.4, -0.2) is 39.8 Å². The summed E-state index contributed by atoms with van der Waals surface area (Å²) in [6, 6.07) is 3.28. The molecule has 0 spiro atoms. The van der Waals surface area contributed by atoms with E-state index in [0.717, 1.165) is 0 Å². The fourth-order valence-electron chi connectivity index (χ4n) is 1.39. The zero-order valence-electron chi connectivity index (χ0n) is 10.5. The number of nitrogens with one attached hydrogen (secondary N) is 2. The number of carboxylic acid groups (broad SMARTS) is 1. The van der Waals surface area contributed by atoms with Crippen molar-refractivity contribution in [2.45, 2.75) is 13.0 Å². The molecule has 0 bridgehead atoms. The normalized spacial score (nSPS) is 11.5. The number of nitrogens with zero attached hydrogens (tertiary/aromatic N) is 1. The minimum Gasteiger partial charge on any atom is -0.479 e. The second-order valence-electron chi connectivity index (χ2n) is 3.95. The highest BCUT2D eigenvalue weighted by molar-refractivity contribution is 5.89. The first-order chi connectivity index (χ1) is 9.31. The number of aliphatic hydroxyl groups excluding tert-OH is 1. The van der Waals surface area contributed by atoms with Gasteiger partial charge >= 0.3 is 12.0 Å². The number of anilines is 1. The Morgan fingerprint density at radius 1 is 1.45 bits per heavy atom. The SMILES string of the molecule is Cc1cc(NC(=O)NCC(O)C(=O)O)ccc1[N+](=O)[O-]. The summed E-state index contributed by atoms with van der Waals surface area (Å²) in [6.07, 6.45) is -1.70. The van der Waals surface area contributed by atoms with Crippen LogP contribution >= 0.6 is 0 Å². The molecule has 0 radical (unpaired) electrons. The number of carbonyl (C=O) groups excluding carboxylic acids is 1. The van der Waals surface area contributed by atoms with E-state index in [0.29, 0.717) is 11.3 Å². The zero-order valence-corrected chi connectivity index (χ0v) is 10.5. The maximum atomic E-state index is 11.4. The number of nitro benzene ring substituents is 1. The van der Waals surface area contributed by atoms with Crippen molar-refractivity contribution < 1.29 is 24.7 Å². The van der Waals surface area contributed by atoms with Crippen molar-refractivity contribution in [3.63, 3.8) is 0 Å². The fraction of sp³-hybridized carbons (Fsp3) is 0.273. The lowest BCUT2D eigenvalue weighted by molar-refractivity contribution is -0.385. The van der Waals surface area contributed by atoms with Crippen molar-refractivity contribution in [1.29, 1.82) is 0 Å². The fourth-order valence-corrected chi connectivity index (χ4v) is 1.39. The summed E-state index contributed by atoms with van der Waals surface area (Å²) in [5, 5.41) is 32.5. The maximum absolute atomic E-state index is 11.4. The molecule has 0 fully saturated rings. The highest BCUT2D eigenvalue weighted by Crippen LogP contribution is 2.21. The second kappa shape index (κ2) is 6.48. The van der Waals surface area contributed by atoms with Gasteiger partial charge in [-0.3, -0.25) is 10.1 Å². The lowest BCUT2D eigenvalue weighted by Crippen LogP contribution is -2.38. The zero-order chi connectivity index (χ0) is 15.3. The van der Waals surface area contributed by atoms with E-state index in [1.54, 1.807) is 0 Å². The van der Waals surface area contributed by atoms with Crippen molar-refractivity contribution in [1.82, 2.24) is 5.32 Å². The van der Waals surface area contributed by atoms with E-state index >= 15 is 0 Å². The van der Waals surface area contributed by atoms with Gasteiger partial charge in [0.15, 0.2) is 6.10 Å². The van der Waals surface area contributed by atoms with E-state index in [-0.39, 0.29) is 5.69 Å². The molecule has 9 nitrogen and oxygen atoms in total. The first kappa shape index (κ1) is 15.4. The van der Waals surface area contributed by atoms with Gasteiger partial charge in [-0.1, -0.05) is 0 Å². The number of benzene rings is 1. The van der Waals surface area contributed by atoms with Crippen LogP contribution in [-0.2, 0) is 4.79 Å². The summed E-state index contributed by atoms with van der Waals surface area (Å²) >= 11 is 0. The largest absolute Gasteiger partial charge is 0.479 e. The number of urea groups is 1. The molecule has 9 heteroatoms. The number of aliphatic carboxylic acids is 1. The number of hydrogen-bond donors (Lipinski definition) is 4. The number of aryl methyl sites for hydroxylation is 1. The molecule has 0 saturated heterocycles. The van der Waals surface area contributed by atoms with E-state index in [2.05, 4.69) is 10.6 Å². The van der Waals surface area contributed by atoms with Crippen molar-refractivity contribution in [2.24, 2.45) is 0 Å². The molecule has 1 aromatic rings. The van der Waals surface area contributed by atoms with Gasteiger partial charge in [0, 0.05) is 17.3 Å². The summed E-state index contributed by atoms with van der Waals surface area (Å²) in [7, 11) is 0. The molecule has 0 saturated carbocycles. The van der Waals surface area contributed by atoms with Crippen molar-refractivity contribution >= 4 is 23.4 Å². The van der Waals surface area contributed by atoms with Gasteiger partial charge in [-0.05, 0) is 19.1 Å². The number of carboxylic acids is 1. The molecule has 0 aliphatic rings. The summed E-state index contributed by atoms with van der Waals surface area (Å²) in [5.41, 5.74) is 0.617. The Kier molecular flexibility index (Phi) is 4.98. The third-order valence-corrected chi connectivity index (χ3v) is 2.39.